The minimum atomic E-state index is -0.163. The zero-order chi connectivity index (χ0) is 13.4. The van der Waals surface area contributed by atoms with Crippen LogP contribution in [0.4, 0.5) is 4.79 Å². The van der Waals surface area contributed by atoms with Gasteiger partial charge in [0, 0.05) is 6.54 Å². The molecule has 104 valence electrons. The number of nitrogens with one attached hydrogen (secondary N) is 2. The van der Waals surface area contributed by atoms with Gasteiger partial charge in [-0.3, -0.25) is 0 Å². The van der Waals surface area contributed by atoms with Gasteiger partial charge in [-0.15, -0.1) is 0 Å². The van der Waals surface area contributed by atoms with Gasteiger partial charge in [0.1, 0.15) is 0 Å². The van der Waals surface area contributed by atoms with Crippen LogP contribution < -0.4 is 10.6 Å². The quantitative estimate of drug-likeness (QED) is 0.635. The molecule has 2 amide bonds. The SMILES string of the molecule is CC(C)C[C@H](CO)NC(=O)NC[C@@H]1CC=CCC1. The van der Waals surface area contributed by atoms with Gasteiger partial charge >= 0.3 is 6.03 Å². The number of hydrogen-bond acceptors (Lipinski definition) is 2. The van der Waals surface area contributed by atoms with Gasteiger partial charge in [0.15, 0.2) is 0 Å². The van der Waals surface area contributed by atoms with E-state index < -0.39 is 0 Å². The molecule has 0 aromatic heterocycles. The molecule has 4 nitrogen and oxygen atoms in total. The monoisotopic (exact) mass is 254 g/mol. The number of amides is 2. The Hall–Kier alpha value is -1.03. The zero-order valence-corrected chi connectivity index (χ0v) is 11.5. The molecule has 0 aromatic carbocycles. The van der Waals surface area contributed by atoms with Crippen LogP contribution in [0.3, 0.4) is 0 Å². The fourth-order valence-electron chi connectivity index (χ4n) is 2.26. The largest absolute Gasteiger partial charge is 0.394 e. The lowest BCUT2D eigenvalue weighted by Crippen LogP contribution is -2.45. The molecule has 0 saturated heterocycles. The third kappa shape index (κ3) is 6.05. The van der Waals surface area contributed by atoms with Gasteiger partial charge in [0.25, 0.3) is 0 Å². The Morgan fingerprint density at radius 2 is 2.22 bits per heavy atom. The van der Waals surface area contributed by atoms with Crippen molar-refractivity contribution in [3.63, 3.8) is 0 Å². The van der Waals surface area contributed by atoms with Crippen molar-refractivity contribution in [3.8, 4) is 0 Å². The molecule has 1 aliphatic rings. The molecule has 1 rings (SSSR count). The van der Waals surface area contributed by atoms with E-state index in [-0.39, 0.29) is 18.7 Å². The first-order valence-corrected chi connectivity index (χ1v) is 6.92. The summed E-state index contributed by atoms with van der Waals surface area (Å²) < 4.78 is 0. The molecule has 0 heterocycles. The van der Waals surface area contributed by atoms with E-state index in [0.717, 1.165) is 32.2 Å². The van der Waals surface area contributed by atoms with Crippen molar-refractivity contribution in [1.29, 1.82) is 0 Å². The lowest BCUT2D eigenvalue weighted by molar-refractivity contribution is 0.205. The molecule has 4 heteroatoms. The Balaban J connectivity index is 2.21. The Morgan fingerprint density at radius 1 is 1.44 bits per heavy atom. The summed E-state index contributed by atoms with van der Waals surface area (Å²) in [7, 11) is 0. The topological polar surface area (TPSA) is 61.4 Å². The van der Waals surface area contributed by atoms with E-state index >= 15 is 0 Å². The third-order valence-corrected chi connectivity index (χ3v) is 3.24. The van der Waals surface area contributed by atoms with E-state index in [1.807, 2.05) is 0 Å². The van der Waals surface area contributed by atoms with Crippen LogP contribution in [0.2, 0.25) is 0 Å². The average Bonchev–Trinajstić information content (AvgIpc) is 2.36. The number of allylic oxidation sites excluding steroid dienone is 2. The summed E-state index contributed by atoms with van der Waals surface area (Å²) >= 11 is 0. The number of carbonyl (C=O) groups is 1. The maximum Gasteiger partial charge on any atom is 0.315 e. The highest BCUT2D eigenvalue weighted by molar-refractivity contribution is 5.74. The van der Waals surface area contributed by atoms with Crippen molar-refractivity contribution in [3.05, 3.63) is 12.2 Å². The summed E-state index contributed by atoms with van der Waals surface area (Å²) in [6.07, 6.45) is 8.49. The molecule has 0 fully saturated rings. The average molecular weight is 254 g/mol. The summed E-state index contributed by atoms with van der Waals surface area (Å²) in [4.78, 5) is 11.7. The van der Waals surface area contributed by atoms with E-state index in [2.05, 4.69) is 36.6 Å². The molecule has 0 aromatic rings. The highest BCUT2D eigenvalue weighted by Gasteiger charge is 2.14. The summed E-state index contributed by atoms with van der Waals surface area (Å²) in [6.45, 7) is 4.88. The van der Waals surface area contributed by atoms with Crippen LogP contribution in [0.5, 0.6) is 0 Å². The van der Waals surface area contributed by atoms with Crippen LogP contribution in [0, 0.1) is 11.8 Å². The van der Waals surface area contributed by atoms with Crippen molar-refractivity contribution in [2.75, 3.05) is 13.2 Å². The second-order valence-corrected chi connectivity index (χ2v) is 5.51. The van der Waals surface area contributed by atoms with E-state index in [4.69, 9.17) is 0 Å². The van der Waals surface area contributed by atoms with E-state index in [1.165, 1.54) is 0 Å². The maximum absolute atomic E-state index is 11.7. The van der Waals surface area contributed by atoms with E-state index in [0.29, 0.717) is 11.8 Å². The summed E-state index contributed by atoms with van der Waals surface area (Å²) in [5.41, 5.74) is 0. The molecule has 0 radical (unpaired) electrons. The van der Waals surface area contributed by atoms with Crippen molar-refractivity contribution >= 4 is 6.03 Å². The number of rotatable bonds is 6. The van der Waals surface area contributed by atoms with Gasteiger partial charge < -0.3 is 15.7 Å². The zero-order valence-electron chi connectivity index (χ0n) is 11.5. The molecule has 1 aliphatic carbocycles. The van der Waals surface area contributed by atoms with Gasteiger partial charge in [0.2, 0.25) is 0 Å². The van der Waals surface area contributed by atoms with Crippen molar-refractivity contribution < 1.29 is 9.90 Å². The van der Waals surface area contributed by atoms with Gasteiger partial charge in [-0.2, -0.15) is 0 Å². The lowest BCUT2D eigenvalue weighted by Gasteiger charge is -2.21. The second kappa shape index (κ2) is 8.14. The summed E-state index contributed by atoms with van der Waals surface area (Å²) in [5, 5.41) is 14.9. The standard InChI is InChI=1S/C14H26N2O2/c1-11(2)8-13(10-17)16-14(18)15-9-12-6-4-3-5-7-12/h3-4,11-13,17H,5-10H2,1-2H3,(H2,15,16,18)/t12-,13-/m1/s1. The molecule has 0 aliphatic heterocycles. The smallest absolute Gasteiger partial charge is 0.315 e. The van der Waals surface area contributed by atoms with E-state index in [1.54, 1.807) is 0 Å². The van der Waals surface area contributed by atoms with Crippen LogP contribution in [0.15, 0.2) is 12.2 Å². The van der Waals surface area contributed by atoms with Gasteiger partial charge in [-0.1, -0.05) is 26.0 Å². The van der Waals surface area contributed by atoms with Crippen LogP contribution >= 0.6 is 0 Å². The Kier molecular flexibility index (Phi) is 6.80. The van der Waals surface area contributed by atoms with E-state index in [9.17, 15) is 9.90 Å². The number of aliphatic hydroxyl groups excluding tert-OH is 1. The van der Waals surface area contributed by atoms with Crippen LogP contribution in [-0.4, -0.2) is 30.3 Å². The fourth-order valence-corrected chi connectivity index (χ4v) is 2.26. The molecule has 2 atom stereocenters. The van der Waals surface area contributed by atoms with Crippen LogP contribution in [0.1, 0.15) is 39.5 Å². The predicted molar refractivity (Wildman–Crippen MR) is 73.3 cm³/mol. The molecule has 18 heavy (non-hydrogen) atoms. The van der Waals surface area contributed by atoms with Crippen molar-refractivity contribution in [2.45, 2.75) is 45.6 Å². The summed E-state index contributed by atoms with van der Waals surface area (Å²) in [5.74, 6) is 1.02. The molecule has 0 saturated carbocycles. The first kappa shape index (κ1) is 15.0. The minimum Gasteiger partial charge on any atom is -0.394 e. The minimum absolute atomic E-state index is 0.00222. The van der Waals surface area contributed by atoms with Gasteiger partial charge in [-0.05, 0) is 37.5 Å². The molecule has 0 unspecified atom stereocenters. The van der Waals surface area contributed by atoms with Gasteiger partial charge in [-0.25, -0.2) is 4.79 Å². The maximum atomic E-state index is 11.7. The second-order valence-electron chi connectivity index (χ2n) is 5.51. The fraction of sp³-hybridized carbons (Fsp3) is 0.786. The highest BCUT2D eigenvalue weighted by atomic mass is 16.3. The summed E-state index contributed by atoms with van der Waals surface area (Å²) in [6, 6.07) is -0.305. The molecule has 0 spiro atoms. The van der Waals surface area contributed by atoms with Crippen LogP contribution in [0.25, 0.3) is 0 Å². The number of urea groups is 1. The Morgan fingerprint density at radius 3 is 2.78 bits per heavy atom. The molecule has 0 bridgehead atoms. The van der Waals surface area contributed by atoms with Crippen molar-refractivity contribution in [1.82, 2.24) is 10.6 Å². The normalized spacial score (nSPS) is 20.8. The lowest BCUT2D eigenvalue weighted by atomic mass is 9.94. The molecular formula is C14H26N2O2. The Labute approximate surface area is 110 Å². The third-order valence-electron chi connectivity index (χ3n) is 3.24. The molecular weight excluding hydrogens is 228 g/mol. The van der Waals surface area contributed by atoms with Crippen molar-refractivity contribution in [2.24, 2.45) is 11.8 Å². The first-order chi connectivity index (χ1) is 8.61. The highest BCUT2D eigenvalue weighted by Crippen LogP contribution is 2.16. The number of aliphatic hydroxyl groups is 1. The first-order valence-electron chi connectivity index (χ1n) is 6.92. The van der Waals surface area contributed by atoms with Gasteiger partial charge in [0.05, 0.1) is 12.6 Å². The number of carbonyl (C=O) groups excluding carboxylic acids is 1. The number of hydrogen-bond donors (Lipinski definition) is 3. The predicted octanol–water partition coefficient (Wildman–Crippen LogP) is 2.05. The van der Waals surface area contributed by atoms with Crippen LogP contribution in [-0.2, 0) is 0 Å². The Bertz CT molecular complexity index is 277. The molecule has 3 N–H and O–H groups in total.